The normalized spacial score (nSPS) is 10.5. The van der Waals surface area contributed by atoms with Crippen LogP contribution < -0.4 is 0 Å². The molecule has 0 N–H and O–H groups in total. The Labute approximate surface area is 90.8 Å². The zero-order valence-electron chi connectivity index (χ0n) is 7.99. The minimum absolute atomic E-state index is 0.249. The largest absolute Gasteiger partial charge is 0.462 e. The van der Waals surface area contributed by atoms with Crippen LogP contribution in [0.15, 0.2) is 22.7 Å². The molecule has 0 spiro atoms. The van der Waals surface area contributed by atoms with Crippen LogP contribution in [-0.2, 0) is 4.74 Å². The van der Waals surface area contributed by atoms with Gasteiger partial charge in [0.2, 0.25) is 5.71 Å². The monoisotopic (exact) mass is 225 g/mol. The predicted octanol–water partition coefficient (Wildman–Crippen LogP) is 2.66. The van der Waals surface area contributed by atoms with Gasteiger partial charge < -0.3 is 9.15 Å². The maximum absolute atomic E-state index is 11.4. The maximum Gasteiger partial charge on any atom is 0.339 e. The van der Waals surface area contributed by atoms with E-state index in [1.165, 1.54) is 6.20 Å². The molecule has 0 bridgehead atoms. The van der Waals surface area contributed by atoms with Gasteiger partial charge in [0.15, 0.2) is 5.22 Å². The van der Waals surface area contributed by atoms with Crippen LogP contribution in [-0.4, -0.2) is 17.6 Å². The van der Waals surface area contributed by atoms with Crippen molar-refractivity contribution in [3.8, 4) is 0 Å². The highest BCUT2D eigenvalue weighted by molar-refractivity contribution is 6.29. The highest BCUT2D eigenvalue weighted by Crippen LogP contribution is 2.21. The Morgan fingerprint density at radius 1 is 1.60 bits per heavy atom. The number of hydrogen-bond acceptors (Lipinski definition) is 4. The molecule has 0 aliphatic heterocycles. The highest BCUT2D eigenvalue weighted by Gasteiger charge is 2.10. The van der Waals surface area contributed by atoms with Crippen LogP contribution >= 0.6 is 11.6 Å². The highest BCUT2D eigenvalue weighted by atomic mass is 35.5. The number of carbonyl (C=O) groups is 1. The average molecular weight is 226 g/mol. The summed E-state index contributed by atoms with van der Waals surface area (Å²) in [6.45, 7) is 2.08. The number of ether oxygens (including phenoxy) is 1. The van der Waals surface area contributed by atoms with E-state index in [1.807, 2.05) is 0 Å². The molecule has 0 saturated carbocycles. The van der Waals surface area contributed by atoms with E-state index in [0.717, 1.165) is 0 Å². The molecule has 0 saturated heterocycles. The fraction of sp³-hybridized carbons (Fsp3) is 0.200. The van der Waals surface area contributed by atoms with Crippen LogP contribution in [0.1, 0.15) is 17.3 Å². The number of fused-ring (bicyclic) bond motifs is 1. The van der Waals surface area contributed by atoms with Gasteiger partial charge in [-0.15, -0.1) is 0 Å². The fourth-order valence-electron chi connectivity index (χ4n) is 1.23. The summed E-state index contributed by atoms with van der Waals surface area (Å²) in [4.78, 5) is 15.3. The number of hydrogen-bond donors (Lipinski definition) is 0. The molecule has 0 aliphatic carbocycles. The number of esters is 1. The molecular weight excluding hydrogens is 218 g/mol. The summed E-state index contributed by atoms with van der Waals surface area (Å²) in [7, 11) is 0. The van der Waals surface area contributed by atoms with E-state index in [9.17, 15) is 4.79 Å². The van der Waals surface area contributed by atoms with Crippen molar-refractivity contribution in [2.75, 3.05) is 6.61 Å². The first-order valence-electron chi connectivity index (χ1n) is 4.43. The molecule has 4 nitrogen and oxygen atoms in total. The van der Waals surface area contributed by atoms with Gasteiger partial charge >= 0.3 is 5.97 Å². The molecule has 0 aliphatic rings. The van der Waals surface area contributed by atoms with Crippen molar-refractivity contribution in [1.82, 2.24) is 4.98 Å². The number of nitrogens with zero attached hydrogens (tertiary/aromatic N) is 1. The Morgan fingerprint density at radius 2 is 2.40 bits per heavy atom. The van der Waals surface area contributed by atoms with Gasteiger partial charge in [-0.1, -0.05) is 0 Å². The summed E-state index contributed by atoms with van der Waals surface area (Å²) in [5.41, 5.74) is 0.801. The van der Waals surface area contributed by atoms with Crippen LogP contribution in [0.3, 0.4) is 0 Å². The molecule has 2 aromatic heterocycles. The van der Waals surface area contributed by atoms with Crippen LogP contribution in [0.5, 0.6) is 0 Å². The van der Waals surface area contributed by atoms with Crippen LogP contribution in [0, 0.1) is 0 Å². The molecule has 0 aromatic carbocycles. The van der Waals surface area contributed by atoms with Crippen molar-refractivity contribution in [2.45, 2.75) is 6.92 Å². The van der Waals surface area contributed by atoms with Crippen LogP contribution in [0.25, 0.3) is 11.1 Å². The number of aromatic nitrogens is 1. The Balaban J connectivity index is 2.41. The Hall–Kier alpha value is -1.55. The number of halogens is 1. The number of pyridine rings is 1. The molecule has 2 rings (SSSR count). The minimum atomic E-state index is -0.399. The average Bonchev–Trinajstić information content (AvgIpc) is 2.57. The van der Waals surface area contributed by atoms with E-state index in [2.05, 4.69) is 4.98 Å². The van der Waals surface area contributed by atoms with E-state index in [-0.39, 0.29) is 5.22 Å². The molecule has 0 amide bonds. The third-order valence-corrected chi connectivity index (χ3v) is 2.04. The molecule has 78 valence electrons. The lowest BCUT2D eigenvalue weighted by Crippen LogP contribution is -2.04. The quantitative estimate of drug-likeness (QED) is 0.738. The van der Waals surface area contributed by atoms with Crippen molar-refractivity contribution < 1.29 is 13.9 Å². The summed E-state index contributed by atoms with van der Waals surface area (Å²) in [6, 6.07) is 3.24. The smallest absolute Gasteiger partial charge is 0.339 e. The summed E-state index contributed by atoms with van der Waals surface area (Å²) in [5.74, 6) is -0.399. The fourth-order valence-corrected chi connectivity index (χ4v) is 1.42. The van der Waals surface area contributed by atoms with Crippen molar-refractivity contribution in [1.29, 1.82) is 0 Å². The third-order valence-electron chi connectivity index (χ3n) is 1.85. The number of furan rings is 1. The molecule has 0 fully saturated rings. The Kier molecular flexibility index (Phi) is 2.60. The van der Waals surface area contributed by atoms with Gasteiger partial charge in [-0.2, -0.15) is 0 Å². The van der Waals surface area contributed by atoms with Gasteiger partial charge in [0.05, 0.1) is 12.2 Å². The Bertz CT molecular complexity index is 506. The lowest BCUT2D eigenvalue weighted by atomic mass is 10.2. The van der Waals surface area contributed by atoms with E-state index < -0.39 is 5.97 Å². The zero-order chi connectivity index (χ0) is 10.8. The topological polar surface area (TPSA) is 52.3 Å². The summed E-state index contributed by atoms with van der Waals surface area (Å²) >= 11 is 5.65. The van der Waals surface area contributed by atoms with E-state index in [1.54, 1.807) is 19.1 Å². The zero-order valence-corrected chi connectivity index (χ0v) is 8.75. The second-order valence-electron chi connectivity index (χ2n) is 2.89. The summed E-state index contributed by atoms with van der Waals surface area (Å²) in [5, 5.41) is 0.934. The van der Waals surface area contributed by atoms with Crippen LogP contribution in [0.2, 0.25) is 5.22 Å². The molecule has 0 radical (unpaired) electrons. The molecule has 0 atom stereocenters. The van der Waals surface area contributed by atoms with Gasteiger partial charge in [0.1, 0.15) is 0 Å². The van der Waals surface area contributed by atoms with Crippen molar-refractivity contribution in [3.63, 3.8) is 0 Å². The van der Waals surface area contributed by atoms with E-state index in [0.29, 0.717) is 23.3 Å². The summed E-state index contributed by atoms with van der Waals surface area (Å²) < 4.78 is 9.91. The van der Waals surface area contributed by atoms with Gasteiger partial charge in [0.25, 0.3) is 0 Å². The molecular formula is C10H8ClNO3. The predicted molar refractivity (Wildman–Crippen MR) is 55.0 cm³/mol. The first-order chi connectivity index (χ1) is 7.20. The van der Waals surface area contributed by atoms with Crippen molar-refractivity contribution in [2.24, 2.45) is 0 Å². The second-order valence-corrected chi connectivity index (χ2v) is 3.26. The first-order valence-corrected chi connectivity index (χ1v) is 4.80. The second kappa shape index (κ2) is 3.90. The van der Waals surface area contributed by atoms with Crippen molar-refractivity contribution in [3.05, 3.63) is 29.1 Å². The number of rotatable bonds is 2. The standard InChI is InChI=1S/C10H8ClNO3/c1-2-14-10(13)7-3-6-4-8(11)15-9(6)12-5-7/h3-5H,2H2,1H3. The lowest BCUT2D eigenvalue weighted by molar-refractivity contribution is 0.0526. The van der Waals surface area contributed by atoms with Gasteiger partial charge in [-0.05, 0) is 24.6 Å². The first kappa shape index (κ1) is 9.98. The van der Waals surface area contributed by atoms with Crippen molar-refractivity contribution >= 4 is 28.7 Å². The molecule has 2 aromatic rings. The minimum Gasteiger partial charge on any atom is -0.462 e. The molecule has 15 heavy (non-hydrogen) atoms. The lowest BCUT2D eigenvalue weighted by Gasteiger charge is -1.99. The molecule has 5 heteroatoms. The number of carbonyl (C=O) groups excluding carboxylic acids is 1. The van der Waals surface area contributed by atoms with E-state index >= 15 is 0 Å². The van der Waals surface area contributed by atoms with Gasteiger partial charge in [-0.3, -0.25) is 0 Å². The summed E-state index contributed by atoms with van der Waals surface area (Å²) in [6.07, 6.45) is 1.40. The van der Waals surface area contributed by atoms with Crippen LogP contribution in [0.4, 0.5) is 0 Å². The third kappa shape index (κ3) is 1.94. The molecule has 2 heterocycles. The molecule has 0 unspecified atom stereocenters. The van der Waals surface area contributed by atoms with Gasteiger partial charge in [0, 0.05) is 17.6 Å². The van der Waals surface area contributed by atoms with E-state index in [4.69, 9.17) is 20.8 Å². The van der Waals surface area contributed by atoms with Gasteiger partial charge in [-0.25, -0.2) is 9.78 Å². The maximum atomic E-state index is 11.4. The SMILES string of the molecule is CCOC(=O)c1cnc2oc(Cl)cc2c1. The Morgan fingerprint density at radius 3 is 3.13 bits per heavy atom.